The number of ketones is 2. The van der Waals surface area contributed by atoms with Crippen molar-refractivity contribution >= 4 is 34.8 Å². The first-order valence-corrected chi connectivity index (χ1v) is 3.49. The quantitative estimate of drug-likeness (QED) is 0.336. The second-order valence-electron chi connectivity index (χ2n) is 1.98. The molecule has 0 spiro atoms. The van der Waals surface area contributed by atoms with Crippen molar-refractivity contribution < 1.29 is 78.9 Å². The van der Waals surface area contributed by atoms with E-state index in [0.29, 0.717) is 0 Å². The Balaban J connectivity index is 0. The van der Waals surface area contributed by atoms with Crippen LogP contribution in [0, 0.1) is 0 Å². The topological polar surface area (TPSA) is 74.6 Å². The van der Waals surface area contributed by atoms with Crippen LogP contribution in [0.3, 0.4) is 0 Å². The minimum absolute atomic E-state index is 0. The smallest absolute Gasteiger partial charge is 0.503 e. The van der Waals surface area contributed by atoms with Gasteiger partial charge in [-0.1, -0.05) is 23.2 Å². The monoisotopic (exact) mass is 254 g/mol. The van der Waals surface area contributed by atoms with Crippen LogP contribution in [0.2, 0.25) is 0 Å². The van der Waals surface area contributed by atoms with Gasteiger partial charge in [-0.05, 0) is 0 Å². The van der Waals surface area contributed by atoms with Gasteiger partial charge in [0.1, 0.15) is 10.1 Å². The molecule has 8 heteroatoms. The number of aliphatic hydroxyl groups excluding tert-OH is 2. The molecular formula is C6H2Cl2Na2O4+2. The van der Waals surface area contributed by atoms with Crippen LogP contribution in [0.5, 0.6) is 0 Å². The molecule has 0 radical (unpaired) electrons. The van der Waals surface area contributed by atoms with Gasteiger partial charge in [-0.15, -0.1) is 0 Å². The SMILES string of the molecule is O=C1C(O)=C(Cl)C(=O)C(O)=C1Cl.[Na+].[Na+]. The van der Waals surface area contributed by atoms with E-state index in [2.05, 4.69) is 0 Å². The molecule has 0 saturated heterocycles. The molecule has 14 heavy (non-hydrogen) atoms. The molecule has 0 amide bonds. The Bertz CT molecular complexity index is 286. The van der Waals surface area contributed by atoms with Crippen molar-refractivity contribution in [2.24, 2.45) is 0 Å². The van der Waals surface area contributed by atoms with Crippen LogP contribution >= 0.6 is 23.2 Å². The predicted octanol–water partition coefficient (Wildman–Crippen LogP) is -4.84. The molecule has 2 N–H and O–H groups in total. The van der Waals surface area contributed by atoms with Crippen molar-refractivity contribution in [3.63, 3.8) is 0 Å². The Morgan fingerprint density at radius 1 is 0.786 bits per heavy atom. The van der Waals surface area contributed by atoms with E-state index in [1.54, 1.807) is 0 Å². The van der Waals surface area contributed by atoms with E-state index in [-0.39, 0.29) is 59.1 Å². The average Bonchev–Trinajstić information content (AvgIpc) is 2.08. The molecule has 0 heterocycles. The number of Topliss-reactive ketones (excluding diaryl/α,β-unsaturated/α-hetero) is 2. The largest absolute Gasteiger partial charge is 1.00 e. The fourth-order valence-electron chi connectivity index (χ4n) is 0.622. The molecule has 1 aliphatic carbocycles. The zero-order chi connectivity index (χ0) is 9.46. The van der Waals surface area contributed by atoms with Crippen molar-refractivity contribution in [3.05, 3.63) is 21.6 Å². The van der Waals surface area contributed by atoms with Crippen LogP contribution in [0.4, 0.5) is 0 Å². The second kappa shape index (κ2) is 6.55. The van der Waals surface area contributed by atoms with Gasteiger partial charge < -0.3 is 10.2 Å². The van der Waals surface area contributed by atoms with Crippen molar-refractivity contribution in [1.82, 2.24) is 0 Å². The summed E-state index contributed by atoms with van der Waals surface area (Å²) in [7, 11) is 0. The third-order valence-corrected chi connectivity index (χ3v) is 1.95. The molecule has 0 aromatic heterocycles. The summed E-state index contributed by atoms with van der Waals surface area (Å²) in [5.41, 5.74) is 0. The third-order valence-electron chi connectivity index (χ3n) is 1.24. The molecular weight excluding hydrogens is 253 g/mol. The maximum absolute atomic E-state index is 10.8. The van der Waals surface area contributed by atoms with E-state index in [0.717, 1.165) is 0 Å². The van der Waals surface area contributed by atoms with Crippen molar-refractivity contribution in [2.75, 3.05) is 0 Å². The first kappa shape index (κ1) is 17.4. The average molecular weight is 255 g/mol. The molecule has 64 valence electrons. The van der Waals surface area contributed by atoms with Crippen LogP contribution in [0.1, 0.15) is 0 Å². The van der Waals surface area contributed by atoms with Crippen LogP contribution in [-0.4, -0.2) is 21.8 Å². The van der Waals surface area contributed by atoms with Crippen molar-refractivity contribution in [1.29, 1.82) is 0 Å². The van der Waals surface area contributed by atoms with Crippen LogP contribution in [0.25, 0.3) is 0 Å². The summed E-state index contributed by atoms with van der Waals surface area (Å²) in [5, 5.41) is 16.3. The molecule has 0 aromatic carbocycles. The first-order chi connectivity index (χ1) is 5.46. The van der Waals surface area contributed by atoms with E-state index in [9.17, 15) is 9.59 Å². The maximum atomic E-state index is 10.8. The Labute approximate surface area is 134 Å². The number of carbonyl (C=O) groups excluding carboxylic acids is 2. The zero-order valence-corrected chi connectivity index (χ0v) is 13.0. The van der Waals surface area contributed by atoms with Gasteiger partial charge in [0.15, 0.2) is 11.5 Å². The number of aliphatic hydroxyl groups is 2. The summed E-state index contributed by atoms with van der Waals surface area (Å²) >= 11 is 10.4. The van der Waals surface area contributed by atoms with Gasteiger partial charge in [-0.3, -0.25) is 9.59 Å². The van der Waals surface area contributed by atoms with Gasteiger partial charge >= 0.3 is 59.1 Å². The van der Waals surface area contributed by atoms with E-state index in [1.807, 2.05) is 0 Å². The van der Waals surface area contributed by atoms with Crippen LogP contribution in [0.15, 0.2) is 21.6 Å². The first-order valence-electron chi connectivity index (χ1n) is 2.73. The molecule has 0 saturated carbocycles. The molecule has 1 aliphatic rings. The normalized spacial score (nSPS) is 16.4. The van der Waals surface area contributed by atoms with Gasteiger partial charge in [0.25, 0.3) is 0 Å². The summed E-state index contributed by atoms with van der Waals surface area (Å²) in [6, 6.07) is 0. The summed E-state index contributed by atoms with van der Waals surface area (Å²) in [5.74, 6) is -3.99. The van der Waals surface area contributed by atoms with Gasteiger partial charge in [0, 0.05) is 0 Å². The van der Waals surface area contributed by atoms with Crippen molar-refractivity contribution in [2.45, 2.75) is 0 Å². The second-order valence-corrected chi connectivity index (χ2v) is 2.74. The molecule has 0 bridgehead atoms. The predicted molar refractivity (Wildman–Crippen MR) is 41.0 cm³/mol. The Morgan fingerprint density at radius 3 is 1.21 bits per heavy atom. The number of hydrogen-bond donors (Lipinski definition) is 2. The van der Waals surface area contributed by atoms with Gasteiger partial charge in [0.2, 0.25) is 11.6 Å². The zero-order valence-electron chi connectivity index (χ0n) is 7.47. The number of allylic oxidation sites excluding steroid dienone is 2. The summed E-state index contributed by atoms with van der Waals surface area (Å²) in [4.78, 5) is 21.6. The molecule has 0 unspecified atom stereocenters. The molecule has 1 rings (SSSR count). The summed E-state index contributed by atoms with van der Waals surface area (Å²) in [6.07, 6.45) is 0. The molecule has 0 aliphatic heterocycles. The minimum atomic E-state index is -1.06. The molecule has 0 atom stereocenters. The van der Waals surface area contributed by atoms with Crippen LogP contribution < -0.4 is 59.1 Å². The molecule has 0 aromatic rings. The van der Waals surface area contributed by atoms with Gasteiger partial charge in [0.05, 0.1) is 0 Å². The number of hydrogen-bond acceptors (Lipinski definition) is 4. The van der Waals surface area contributed by atoms with E-state index in [1.165, 1.54) is 0 Å². The van der Waals surface area contributed by atoms with E-state index >= 15 is 0 Å². The Morgan fingerprint density at radius 2 is 1.00 bits per heavy atom. The Kier molecular flexibility index (Phi) is 8.14. The molecule has 4 nitrogen and oxygen atoms in total. The maximum Gasteiger partial charge on any atom is 1.00 e. The fraction of sp³-hybridized carbons (Fsp3) is 0. The standard InChI is InChI=1S/C6H2Cl2O4.2Na/c7-1-3(9)5(11)2(8)6(12)4(1)10;;/h9,12H;;/q;2*+1. The number of halogens is 2. The van der Waals surface area contributed by atoms with Gasteiger partial charge in [-0.2, -0.15) is 0 Å². The number of rotatable bonds is 0. The summed E-state index contributed by atoms with van der Waals surface area (Å²) in [6.45, 7) is 0. The number of carbonyl (C=O) groups is 2. The molecule has 0 fully saturated rings. The van der Waals surface area contributed by atoms with Crippen molar-refractivity contribution in [3.8, 4) is 0 Å². The summed E-state index contributed by atoms with van der Waals surface area (Å²) < 4.78 is 0. The van der Waals surface area contributed by atoms with Gasteiger partial charge in [-0.25, -0.2) is 0 Å². The minimum Gasteiger partial charge on any atom is -0.503 e. The van der Waals surface area contributed by atoms with E-state index in [4.69, 9.17) is 33.4 Å². The van der Waals surface area contributed by atoms with Crippen LogP contribution in [-0.2, 0) is 9.59 Å². The van der Waals surface area contributed by atoms with E-state index < -0.39 is 33.1 Å². The Hall–Kier alpha value is 1.00. The third kappa shape index (κ3) is 3.00. The fourth-order valence-corrected chi connectivity index (χ4v) is 0.973.